The smallest absolute Gasteiger partial charge is 0.252 e. The van der Waals surface area contributed by atoms with Gasteiger partial charge in [0.15, 0.2) is 0 Å². The molecule has 0 heterocycles. The maximum absolute atomic E-state index is 12.2. The second-order valence-corrected chi connectivity index (χ2v) is 5.62. The third-order valence-corrected chi connectivity index (χ3v) is 3.36. The largest absolute Gasteiger partial charge is 0.491 e. The lowest BCUT2D eigenvalue weighted by atomic mass is 10.1. The van der Waals surface area contributed by atoms with E-state index in [9.17, 15) is 9.90 Å². The van der Waals surface area contributed by atoms with E-state index in [1.54, 1.807) is 42.5 Å². The highest BCUT2D eigenvalue weighted by atomic mass is 16.5. The van der Waals surface area contributed by atoms with Gasteiger partial charge in [0.05, 0.1) is 29.4 Å². The van der Waals surface area contributed by atoms with E-state index in [4.69, 9.17) is 10.00 Å². The number of hydrogen-bond acceptors (Lipinski definition) is 4. The summed E-state index contributed by atoms with van der Waals surface area (Å²) in [6, 6.07) is 15.7. The molecule has 0 aromatic heterocycles. The van der Waals surface area contributed by atoms with Gasteiger partial charge in [0.1, 0.15) is 5.75 Å². The van der Waals surface area contributed by atoms with Crippen LogP contribution in [0.25, 0.3) is 0 Å². The van der Waals surface area contributed by atoms with Crippen molar-refractivity contribution < 1.29 is 14.6 Å². The Kier molecular flexibility index (Phi) is 5.94. The van der Waals surface area contributed by atoms with Gasteiger partial charge in [0.25, 0.3) is 5.91 Å². The van der Waals surface area contributed by atoms with Crippen molar-refractivity contribution in [1.29, 1.82) is 5.26 Å². The van der Waals surface area contributed by atoms with Crippen LogP contribution in [0, 0.1) is 11.3 Å². The van der Waals surface area contributed by atoms with E-state index in [1.165, 1.54) is 0 Å². The molecule has 5 heteroatoms. The van der Waals surface area contributed by atoms with Gasteiger partial charge in [-0.1, -0.05) is 24.3 Å². The molecule has 124 valence electrons. The third-order valence-electron chi connectivity index (χ3n) is 3.36. The first-order valence-corrected chi connectivity index (χ1v) is 7.73. The van der Waals surface area contributed by atoms with Gasteiger partial charge in [-0.3, -0.25) is 4.79 Å². The molecular formula is C19H20N2O3. The molecule has 1 atom stereocenters. The fraction of sp³-hybridized carbons (Fsp3) is 0.263. The normalized spacial score (nSPS) is 11.6. The second-order valence-electron chi connectivity index (χ2n) is 5.62. The van der Waals surface area contributed by atoms with Gasteiger partial charge in [0, 0.05) is 6.54 Å². The summed E-state index contributed by atoms with van der Waals surface area (Å²) in [7, 11) is 0. The van der Waals surface area contributed by atoms with E-state index < -0.39 is 6.10 Å². The van der Waals surface area contributed by atoms with Crippen LogP contribution >= 0.6 is 0 Å². The maximum Gasteiger partial charge on any atom is 0.252 e. The van der Waals surface area contributed by atoms with E-state index in [2.05, 4.69) is 5.32 Å². The van der Waals surface area contributed by atoms with Gasteiger partial charge in [-0.15, -0.1) is 0 Å². The first kappa shape index (κ1) is 17.5. The standard InChI is InChI=1S/C19H20N2O3/c1-13(2)24-16-8-5-7-14(10-16)18(22)12-21-19(23)17-9-4-3-6-15(17)11-20/h3-10,13,18,22H,12H2,1-2H3,(H,21,23). The van der Waals surface area contributed by atoms with E-state index in [0.717, 1.165) is 0 Å². The number of rotatable bonds is 6. The number of nitrogens with one attached hydrogen (secondary N) is 1. The Hall–Kier alpha value is -2.84. The Morgan fingerprint density at radius 3 is 2.71 bits per heavy atom. The topological polar surface area (TPSA) is 82.3 Å². The van der Waals surface area contributed by atoms with Crippen LogP contribution in [-0.4, -0.2) is 23.7 Å². The first-order chi connectivity index (χ1) is 11.5. The number of amides is 1. The van der Waals surface area contributed by atoms with Gasteiger partial charge in [-0.25, -0.2) is 0 Å². The zero-order valence-corrected chi connectivity index (χ0v) is 13.7. The van der Waals surface area contributed by atoms with Crippen LogP contribution in [0.3, 0.4) is 0 Å². The Morgan fingerprint density at radius 2 is 2.00 bits per heavy atom. The maximum atomic E-state index is 12.2. The molecule has 0 fully saturated rings. The molecule has 0 saturated heterocycles. The monoisotopic (exact) mass is 324 g/mol. The van der Waals surface area contributed by atoms with E-state index in [1.807, 2.05) is 26.0 Å². The van der Waals surface area contributed by atoms with Gasteiger partial charge >= 0.3 is 0 Å². The summed E-state index contributed by atoms with van der Waals surface area (Å²) in [5, 5.41) is 21.9. The van der Waals surface area contributed by atoms with Crippen molar-refractivity contribution in [1.82, 2.24) is 5.32 Å². The minimum atomic E-state index is -0.862. The molecule has 0 radical (unpaired) electrons. The van der Waals surface area contributed by atoms with E-state index in [0.29, 0.717) is 22.4 Å². The lowest BCUT2D eigenvalue weighted by Crippen LogP contribution is -2.29. The predicted octanol–water partition coefficient (Wildman–Crippen LogP) is 2.81. The second kappa shape index (κ2) is 8.14. The summed E-state index contributed by atoms with van der Waals surface area (Å²) < 4.78 is 5.60. The van der Waals surface area contributed by atoms with Crippen LogP contribution < -0.4 is 10.1 Å². The van der Waals surface area contributed by atoms with Gasteiger partial charge in [-0.05, 0) is 43.7 Å². The molecule has 0 aliphatic carbocycles. The molecule has 1 unspecified atom stereocenters. The minimum absolute atomic E-state index is 0.0413. The van der Waals surface area contributed by atoms with E-state index >= 15 is 0 Å². The molecule has 0 saturated carbocycles. The highest BCUT2D eigenvalue weighted by Gasteiger charge is 2.14. The lowest BCUT2D eigenvalue weighted by molar-refractivity contribution is 0.0916. The summed E-state index contributed by atoms with van der Waals surface area (Å²) in [4.78, 5) is 12.2. The quantitative estimate of drug-likeness (QED) is 0.856. The molecule has 1 amide bonds. The van der Waals surface area contributed by atoms with Crippen LogP contribution in [0.4, 0.5) is 0 Å². The number of carbonyl (C=O) groups excluding carboxylic acids is 1. The summed E-state index contributed by atoms with van der Waals surface area (Å²) >= 11 is 0. The van der Waals surface area contributed by atoms with Crippen molar-refractivity contribution in [2.24, 2.45) is 0 Å². The number of nitrogens with zero attached hydrogens (tertiary/aromatic N) is 1. The first-order valence-electron chi connectivity index (χ1n) is 7.73. The Labute approximate surface area is 141 Å². The fourth-order valence-corrected chi connectivity index (χ4v) is 2.25. The van der Waals surface area contributed by atoms with Crippen LogP contribution in [0.1, 0.15) is 41.4 Å². The Bertz CT molecular complexity index is 750. The number of nitriles is 1. The molecule has 2 aromatic rings. The number of carbonyl (C=O) groups is 1. The number of aliphatic hydroxyl groups excluding tert-OH is 1. The molecule has 2 aromatic carbocycles. The van der Waals surface area contributed by atoms with Crippen LogP contribution in [0.5, 0.6) is 5.75 Å². The van der Waals surface area contributed by atoms with Crippen molar-refractivity contribution in [3.05, 3.63) is 65.2 Å². The van der Waals surface area contributed by atoms with Crippen molar-refractivity contribution in [2.75, 3.05) is 6.54 Å². The molecule has 24 heavy (non-hydrogen) atoms. The Morgan fingerprint density at radius 1 is 1.25 bits per heavy atom. The summed E-state index contributed by atoms with van der Waals surface area (Å²) in [5.41, 5.74) is 1.25. The molecule has 2 rings (SSSR count). The molecule has 0 aliphatic rings. The zero-order valence-electron chi connectivity index (χ0n) is 13.7. The predicted molar refractivity (Wildman–Crippen MR) is 90.7 cm³/mol. The van der Waals surface area contributed by atoms with E-state index in [-0.39, 0.29) is 18.6 Å². The molecule has 5 nitrogen and oxygen atoms in total. The Balaban J connectivity index is 2.01. The zero-order chi connectivity index (χ0) is 17.5. The average Bonchev–Trinajstić information content (AvgIpc) is 2.59. The summed E-state index contributed by atoms with van der Waals surface area (Å²) in [6.45, 7) is 3.90. The molecule has 0 bridgehead atoms. The highest BCUT2D eigenvalue weighted by Crippen LogP contribution is 2.20. The molecular weight excluding hydrogens is 304 g/mol. The van der Waals surface area contributed by atoms with Crippen molar-refractivity contribution in [3.63, 3.8) is 0 Å². The van der Waals surface area contributed by atoms with Crippen LogP contribution in [-0.2, 0) is 0 Å². The fourth-order valence-electron chi connectivity index (χ4n) is 2.25. The third kappa shape index (κ3) is 4.58. The number of aliphatic hydroxyl groups is 1. The lowest BCUT2D eigenvalue weighted by Gasteiger charge is -2.15. The molecule has 0 aliphatic heterocycles. The molecule has 2 N–H and O–H groups in total. The van der Waals surface area contributed by atoms with Crippen LogP contribution in [0.2, 0.25) is 0 Å². The number of hydrogen-bond donors (Lipinski definition) is 2. The van der Waals surface area contributed by atoms with Crippen molar-refractivity contribution in [3.8, 4) is 11.8 Å². The molecule has 0 spiro atoms. The van der Waals surface area contributed by atoms with Gasteiger partial charge in [0.2, 0.25) is 0 Å². The number of benzene rings is 2. The van der Waals surface area contributed by atoms with Crippen molar-refractivity contribution in [2.45, 2.75) is 26.1 Å². The SMILES string of the molecule is CC(C)Oc1cccc(C(O)CNC(=O)c2ccccc2C#N)c1. The highest BCUT2D eigenvalue weighted by molar-refractivity contribution is 5.96. The summed E-state index contributed by atoms with van der Waals surface area (Å²) in [5.74, 6) is 0.281. The van der Waals surface area contributed by atoms with Gasteiger partial charge in [-0.2, -0.15) is 5.26 Å². The average molecular weight is 324 g/mol. The minimum Gasteiger partial charge on any atom is -0.491 e. The summed E-state index contributed by atoms with van der Waals surface area (Å²) in [6.07, 6.45) is -0.821. The number of ether oxygens (including phenoxy) is 1. The van der Waals surface area contributed by atoms with Gasteiger partial charge < -0.3 is 15.2 Å². The van der Waals surface area contributed by atoms with Crippen LogP contribution in [0.15, 0.2) is 48.5 Å². The van der Waals surface area contributed by atoms with Crippen molar-refractivity contribution >= 4 is 5.91 Å².